The fourth-order valence-corrected chi connectivity index (χ4v) is 3.26. The molecule has 1 aromatic heterocycles. The molecular formula is C20H23ClN4O. The molecule has 1 amide bonds. The van der Waals surface area contributed by atoms with Crippen LogP contribution in [0.15, 0.2) is 48.5 Å². The predicted molar refractivity (Wildman–Crippen MR) is 106 cm³/mol. The van der Waals surface area contributed by atoms with Gasteiger partial charge in [0.05, 0.1) is 17.1 Å². The van der Waals surface area contributed by atoms with E-state index in [2.05, 4.69) is 20.6 Å². The van der Waals surface area contributed by atoms with Crippen LogP contribution < -0.4 is 10.6 Å². The maximum absolute atomic E-state index is 12.2. The Hall–Kier alpha value is -2.37. The van der Waals surface area contributed by atoms with Gasteiger partial charge in [-0.1, -0.05) is 42.8 Å². The molecule has 5 nitrogen and oxygen atoms in total. The summed E-state index contributed by atoms with van der Waals surface area (Å²) in [5.41, 5.74) is 4.13. The van der Waals surface area contributed by atoms with E-state index in [1.807, 2.05) is 48.5 Å². The van der Waals surface area contributed by atoms with Crippen LogP contribution in [-0.4, -0.2) is 28.5 Å². The Bertz CT molecular complexity index is 836. The third kappa shape index (κ3) is 4.06. The number of carbonyl (C=O) groups is 1. The van der Waals surface area contributed by atoms with Gasteiger partial charge in [0.2, 0.25) is 5.91 Å². The van der Waals surface area contributed by atoms with Gasteiger partial charge in [-0.2, -0.15) is 0 Å². The first kappa shape index (κ1) is 18.4. The van der Waals surface area contributed by atoms with Crippen molar-refractivity contribution in [1.82, 2.24) is 20.6 Å². The molecule has 3 aromatic rings. The Kier molecular flexibility index (Phi) is 5.91. The van der Waals surface area contributed by atoms with Gasteiger partial charge in [-0.25, -0.2) is 4.98 Å². The zero-order valence-corrected chi connectivity index (χ0v) is 15.3. The van der Waals surface area contributed by atoms with Crippen molar-refractivity contribution in [3.05, 3.63) is 54.1 Å². The van der Waals surface area contributed by atoms with E-state index in [4.69, 9.17) is 0 Å². The van der Waals surface area contributed by atoms with Gasteiger partial charge >= 0.3 is 0 Å². The molecule has 6 heteroatoms. The predicted octanol–water partition coefficient (Wildman–Crippen LogP) is 3.41. The highest BCUT2D eigenvalue weighted by molar-refractivity contribution is 5.85. The number of nitrogens with zero attached hydrogens (tertiary/aromatic N) is 1. The molecule has 2 aromatic carbocycles. The number of hydrogen-bond acceptors (Lipinski definition) is 3. The second-order valence-electron chi connectivity index (χ2n) is 6.52. The second-order valence-corrected chi connectivity index (χ2v) is 6.52. The largest absolute Gasteiger partial charge is 0.351 e. The number of benzene rings is 2. The molecule has 0 saturated carbocycles. The highest BCUT2D eigenvalue weighted by Gasteiger charge is 2.19. The maximum atomic E-state index is 12.2. The average Bonchev–Trinajstić information content (AvgIpc) is 3.11. The van der Waals surface area contributed by atoms with Crippen LogP contribution >= 0.6 is 12.4 Å². The molecule has 1 saturated heterocycles. The van der Waals surface area contributed by atoms with Gasteiger partial charge in [-0.15, -0.1) is 12.4 Å². The number of carbonyl (C=O) groups excluding carboxylic acids is 1. The molecule has 0 spiro atoms. The van der Waals surface area contributed by atoms with Crippen molar-refractivity contribution in [2.75, 3.05) is 6.54 Å². The molecular weight excluding hydrogens is 348 g/mol. The number of fused-ring (bicyclic) bond motifs is 1. The lowest BCUT2D eigenvalue weighted by Gasteiger charge is -2.22. The SMILES string of the molecule is Cl.O=C(NCc1ccc(-c2nc3ccccc3[nH]2)cc1)C1CCCCN1. The number of rotatable bonds is 4. The molecule has 26 heavy (non-hydrogen) atoms. The van der Waals surface area contributed by atoms with Gasteiger partial charge in [0.1, 0.15) is 5.82 Å². The minimum atomic E-state index is -0.0384. The van der Waals surface area contributed by atoms with Crippen LogP contribution in [0.25, 0.3) is 22.4 Å². The summed E-state index contributed by atoms with van der Waals surface area (Å²) in [5.74, 6) is 0.962. The van der Waals surface area contributed by atoms with Crippen molar-refractivity contribution < 1.29 is 4.79 Å². The molecule has 0 bridgehead atoms. The summed E-state index contributed by atoms with van der Waals surface area (Å²) in [6.45, 7) is 1.49. The monoisotopic (exact) mass is 370 g/mol. The lowest BCUT2D eigenvalue weighted by atomic mass is 10.0. The van der Waals surface area contributed by atoms with Crippen molar-refractivity contribution in [3.8, 4) is 11.4 Å². The first-order valence-corrected chi connectivity index (χ1v) is 8.85. The molecule has 0 aliphatic carbocycles. The van der Waals surface area contributed by atoms with Crippen LogP contribution in [-0.2, 0) is 11.3 Å². The Morgan fingerprint density at radius 2 is 1.92 bits per heavy atom. The molecule has 0 radical (unpaired) electrons. The van der Waals surface area contributed by atoms with Crippen LogP contribution in [0.5, 0.6) is 0 Å². The minimum Gasteiger partial charge on any atom is -0.351 e. The van der Waals surface area contributed by atoms with E-state index in [1.54, 1.807) is 0 Å². The minimum absolute atomic E-state index is 0. The third-order valence-electron chi connectivity index (χ3n) is 4.71. The number of aromatic nitrogens is 2. The quantitative estimate of drug-likeness (QED) is 0.659. The number of amides is 1. The lowest BCUT2D eigenvalue weighted by Crippen LogP contribution is -2.46. The number of aromatic amines is 1. The van der Waals surface area contributed by atoms with Crippen LogP contribution in [0.3, 0.4) is 0 Å². The molecule has 1 atom stereocenters. The van der Waals surface area contributed by atoms with Crippen molar-refractivity contribution in [2.24, 2.45) is 0 Å². The summed E-state index contributed by atoms with van der Waals surface area (Å²) in [5, 5.41) is 6.30. The zero-order chi connectivity index (χ0) is 17.1. The lowest BCUT2D eigenvalue weighted by molar-refractivity contribution is -0.123. The van der Waals surface area contributed by atoms with E-state index in [9.17, 15) is 4.79 Å². The van der Waals surface area contributed by atoms with Gasteiger partial charge in [0, 0.05) is 12.1 Å². The fourth-order valence-electron chi connectivity index (χ4n) is 3.26. The van der Waals surface area contributed by atoms with Crippen LogP contribution in [0.2, 0.25) is 0 Å². The Balaban J connectivity index is 0.00000196. The van der Waals surface area contributed by atoms with E-state index in [0.717, 1.165) is 53.8 Å². The normalized spacial score (nSPS) is 16.8. The molecule has 3 N–H and O–H groups in total. The number of imidazole rings is 1. The smallest absolute Gasteiger partial charge is 0.237 e. The van der Waals surface area contributed by atoms with Gasteiger partial charge in [-0.05, 0) is 37.1 Å². The van der Waals surface area contributed by atoms with Crippen LogP contribution in [0.1, 0.15) is 24.8 Å². The summed E-state index contributed by atoms with van der Waals surface area (Å²) < 4.78 is 0. The fraction of sp³-hybridized carbons (Fsp3) is 0.300. The van der Waals surface area contributed by atoms with Crippen molar-refractivity contribution in [3.63, 3.8) is 0 Å². The molecule has 1 aliphatic rings. The molecule has 1 aliphatic heterocycles. The van der Waals surface area contributed by atoms with Crippen molar-refractivity contribution in [1.29, 1.82) is 0 Å². The summed E-state index contributed by atoms with van der Waals surface area (Å²) in [6.07, 6.45) is 3.21. The molecule has 136 valence electrons. The van der Waals surface area contributed by atoms with Gasteiger partial charge < -0.3 is 15.6 Å². The number of piperidine rings is 1. The van der Waals surface area contributed by atoms with Gasteiger partial charge in [-0.3, -0.25) is 4.79 Å². The number of hydrogen-bond donors (Lipinski definition) is 3. The highest BCUT2D eigenvalue weighted by Crippen LogP contribution is 2.20. The van der Waals surface area contributed by atoms with Crippen molar-refractivity contribution in [2.45, 2.75) is 31.8 Å². The first-order valence-electron chi connectivity index (χ1n) is 8.85. The van der Waals surface area contributed by atoms with E-state index in [1.165, 1.54) is 0 Å². The van der Waals surface area contributed by atoms with E-state index in [-0.39, 0.29) is 24.4 Å². The molecule has 1 fully saturated rings. The second kappa shape index (κ2) is 8.34. The Morgan fingerprint density at radius 3 is 2.65 bits per heavy atom. The number of nitrogens with one attached hydrogen (secondary N) is 3. The molecule has 1 unspecified atom stereocenters. The van der Waals surface area contributed by atoms with E-state index in [0.29, 0.717) is 6.54 Å². The summed E-state index contributed by atoms with van der Waals surface area (Å²) in [4.78, 5) is 20.1. The average molecular weight is 371 g/mol. The number of halogens is 1. The maximum Gasteiger partial charge on any atom is 0.237 e. The summed E-state index contributed by atoms with van der Waals surface area (Å²) >= 11 is 0. The van der Waals surface area contributed by atoms with E-state index < -0.39 is 0 Å². The number of H-pyrrole nitrogens is 1. The van der Waals surface area contributed by atoms with Crippen LogP contribution in [0.4, 0.5) is 0 Å². The summed E-state index contributed by atoms with van der Waals surface area (Å²) in [6, 6.07) is 16.1. The van der Waals surface area contributed by atoms with Crippen LogP contribution in [0, 0.1) is 0 Å². The third-order valence-corrected chi connectivity index (χ3v) is 4.71. The Morgan fingerprint density at radius 1 is 1.12 bits per heavy atom. The van der Waals surface area contributed by atoms with Gasteiger partial charge in [0.15, 0.2) is 0 Å². The Labute approximate surface area is 159 Å². The standard InChI is InChI=1S/C20H22N4O.ClH/c25-20(18-7-3-4-12-21-18)22-13-14-8-10-15(11-9-14)19-23-16-5-1-2-6-17(16)24-19;/h1-2,5-6,8-11,18,21H,3-4,7,12-13H2,(H,22,25)(H,23,24);1H. The van der Waals surface area contributed by atoms with E-state index >= 15 is 0 Å². The zero-order valence-electron chi connectivity index (χ0n) is 14.5. The summed E-state index contributed by atoms with van der Waals surface area (Å²) in [7, 11) is 0. The first-order chi connectivity index (χ1) is 12.3. The number of para-hydroxylation sites is 2. The van der Waals surface area contributed by atoms with Gasteiger partial charge in [0.25, 0.3) is 0 Å². The topological polar surface area (TPSA) is 69.8 Å². The molecule has 4 rings (SSSR count). The highest BCUT2D eigenvalue weighted by atomic mass is 35.5. The van der Waals surface area contributed by atoms with Crippen molar-refractivity contribution >= 4 is 29.3 Å². The molecule has 2 heterocycles.